The Morgan fingerprint density at radius 1 is 1.00 bits per heavy atom. The lowest BCUT2D eigenvalue weighted by molar-refractivity contribution is 0.262. The molecular formula is C12H7Cl3N6O. The molecule has 0 bridgehead atoms. The van der Waals surface area contributed by atoms with E-state index < -0.39 is 6.03 Å². The van der Waals surface area contributed by atoms with Gasteiger partial charge in [-0.15, -0.1) is 0 Å². The van der Waals surface area contributed by atoms with Gasteiger partial charge in [-0.1, -0.05) is 34.8 Å². The molecule has 2 aromatic heterocycles. The van der Waals surface area contributed by atoms with E-state index in [2.05, 4.69) is 30.6 Å². The average Bonchev–Trinajstić information content (AvgIpc) is 2.94. The van der Waals surface area contributed by atoms with E-state index in [1.165, 1.54) is 24.8 Å². The number of carbonyl (C=O) groups excluding carboxylic acids is 1. The van der Waals surface area contributed by atoms with Gasteiger partial charge in [0.2, 0.25) is 0 Å². The predicted molar refractivity (Wildman–Crippen MR) is 85.8 cm³/mol. The maximum atomic E-state index is 12.0. The van der Waals surface area contributed by atoms with Crippen molar-refractivity contribution in [2.24, 2.45) is 0 Å². The van der Waals surface area contributed by atoms with Crippen molar-refractivity contribution in [1.82, 2.24) is 19.9 Å². The minimum Gasteiger partial charge on any atom is -0.340 e. The zero-order valence-corrected chi connectivity index (χ0v) is 13.0. The summed E-state index contributed by atoms with van der Waals surface area (Å²) in [5.41, 5.74) is 1.28. The van der Waals surface area contributed by atoms with Crippen molar-refractivity contribution in [3.05, 3.63) is 39.9 Å². The summed E-state index contributed by atoms with van der Waals surface area (Å²) in [5, 5.41) is 5.98. The molecule has 22 heavy (non-hydrogen) atoms. The molecule has 3 aromatic rings. The van der Waals surface area contributed by atoms with Crippen molar-refractivity contribution in [1.29, 1.82) is 0 Å². The molecule has 0 aliphatic carbocycles. The van der Waals surface area contributed by atoms with Crippen molar-refractivity contribution in [3.63, 3.8) is 0 Å². The monoisotopic (exact) mass is 356 g/mol. The number of nitrogens with one attached hydrogen (secondary N) is 3. The number of hydrogen-bond acceptors (Lipinski definition) is 4. The molecule has 0 radical (unpaired) electrons. The summed E-state index contributed by atoms with van der Waals surface area (Å²) in [6.45, 7) is 0. The van der Waals surface area contributed by atoms with E-state index in [0.717, 1.165) is 0 Å². The molecule has 10 heteroatoms. The predicted octanol–water partition coefficient (Wildman–Crippen LogP) is 3.96. The van der Waals surface area contributed by atoms with E-state index in [4.69, 9.17) is 34.8 Å². The third-order valence-corrected chi connectivity index (χ3v) is 3.75. The van der Waals surface area contributed by atoms with E-state index in [0.29, 0.717) is 21.9 Å². The summed E-state index contributed by atoms with van der Waals surface area (Å²) in [6, 6.07) is 2.35. The number of nitrogens with zero attached hydrogens (tertiary/aromatic N) is 3. The molecule has 0 atom stereocenters. The first kappa shape index (κ1) is 14.8. The number of aromatic amines is 1. The topological polar surface area (TPSA) is 95.6 Å². The van der Waals surface area contributed by atoms with Gasteiger partial charge < -0.3 is 10.3 Å². The summed E-state index contributed by atoms with van der Waals surface area (Å²) < 4.78 is 0. The molecule has 7 nitrogen and oxygen atoms in total. The van der Waals surface area contributed by atoms with E-state index in [1.54, 1.807) is 0 Å². The van der Waals surface area contributed by atoms with E-state index in [1.807, 2.05) is 0 Å². The van der Waals surface area contributed by atoms with E-state index in [9.17, 15) is 4.79 Å². The number of amides is 2. The molecule has 1 aromatic carbocycles. The summed E-state index contributed by atoms with van der Waals surface area (Å²) in [5.74, 6) is 0.288. The van der Waals surface area contributed by atoms with Gasteiger partial charge in [0.1, 0.15) is 11.8 Å². The van der Waals surface area contributed by atoms with Crippen LogP contribution in [0, 0.1) is 0 Å². The molecule has 0 spiro atoms. The minimum atomic E-state index is -0.546. The quantitative estimate of drug-likeness (QED) is 0.605. The number of H-pyrrole nitrogens is 1. The van der Waals surface area contributed by atoms with Gasteiger partial charge in [0.25, 0.3) is 0 Å². The van der Waals surface area contributed by atoms with Gasteiger partial charge in [0, 0.05) is 0 Å². The molecule has 0 aliphatic rings. The van der Waals surface area contributed by atoms with E-state index in [-0.39, 0.29) is 15.9 Å². The maximum absolute atomic E-state index is 12.0. The molecule has 0 saturated carbocycles. The molecule has 3 rings (SSSR count). The van der Waals surface area contributed by atoms with Crippen LogP contribution in [0.1, 0.15) is 0 Å². The van der Waals surface area contributed by atoms with Gasteiger partial charge >= 0.3 is 6.03 Å². The first-order valence-corrected chi connectivity index (χ1v) is 7.04. The number of halogens is 3. The molecule has 3 N–H and O–H groups in total. The third kappa shape index (κ3) is 2.92. The Balaban J connectivity index is 1.81. The second-order valence-corrected chi connectivity index (χ2v) is 5.37. The van der Waals surface area contributed by atoms with Gasteiger partial charge in [-0.3, -0.25) is 5.32 Å². The second kappa shape index (κ2) is 5.96. The number of rotatable bonds is 2. The summed E-state index contributed by atoms with van der Waals surface area (Å²) in [4.78, 5) is 26.8. The van der Waals surface area contributed by atoms with Gasteiger partial charge in [0.15, 0.2) is 11.5 Å². The number of carbonyl (C=O) groups is 1. The number of hydrogen-bond donors (Lipinski definition) is 3. The molecular weight excluding hydrogens is 351 g/mol. The van der Waals surface area contributed by atoms with Crippen molar-refractivity contribution in [2.75, 3.05) is 10.6 Å². The Bertz CT molecular complexity index is 865. The number of anilines is 2. The highest BCUT2D eigenvalue weighted by atomic mass is 35.5. The highest BCUT2D eigenvalue weighted by molar-refractivity contribution is 6.44. The fourth-order valence-corrected chi connectivity index (χ4v) is 2.33. The standard InChI is InChI=1S/C12H7Cl3N6O/c13-5-1-7(15)8(2-6(5)14)20-12(22)21-11-9-10(17-3-16-9)18-4-19-11/h1-4H,(H3,16,17,18,19,20,21,22). The highest BCUT2D eigenvalue weighted by Gasteiger charge is 2.12. The largest absolute Gasteiger partial charge is 0.340 e. The molecule has 2 amide bonds. The average molecular weight is 358 g/mol. The van der Waals surface area contributed by atoms with Crippen LogP contribution in [0.4, 0.5) is 16.3 Å². The molecule has 0 saturated heterocycles. The second-order valence-electron chi connectivity index (χ2n) is 4.15. The Morgan fingerprint density at radius 2 is 1.77 bits per heavy atom. The minimum absolute atomic E-state index is 0.263. The Hall–Kier alpha value is -2.09. The maximum Gasteiger partial charge on any atom is 0.324 e. The number of benzene rings is 1. The summed E-state index contributed by atoms with van der Waals surface area (Å²) in [7, 11) is 0. The summed E-state index contributed by atoms with van der Waals surface area (Å²) >= 11 is 17.7. The molecule has 0 fully saturated rings. The fourth-order valence-electron chi connectivity index (χ4n) is 1.74. The summed E-state index contributed by atoms with van der Waals surface area (Å²) in [6.07, 6.45) is 2.75. The first-order valence-electron chi connectivity index (χ1n) is 5.91. The SMILES string of the molecule is O=C(Nc1cc(Cl)c(Cl)cc1Cl)Nc1ncnc2nc[nH]c12. The van der Waals surface area contributed by atoms with Crippen molar-refractivity contribution >= 4 is 63.5 Å². The lowest BCUT2D eigenvalue weighted by Gasteiger charge is -2.09. The zero-order valence-electron chi connectivity index (χ0n) is 10.7. The molecule has 2 heterocycles. The number of imidazole rings is 1. The Morgan fingerprint density at radius 3 is 2.59 bits per heavy atom. The zero-order chi connectivity index (χ0) is 15.7. The van der Waals surface area contributed by atoms with Crippen LogP contribution in [0.15, 0.2) is 24.8 Å². The smallest absolute Gasteiger partial charge is 0.324 e. The van der Waals surface area contributed by atoms with Gasteiger partial charge in [-0.05, 0) is 12.1 Å². The van der Waals surface area contributed by atoms with Crippen LogP contribution < -0.4 is 10.6 Å². The normalized spacial score (nSPS) is 10.7. The lowest BCUT2D eigenvalue weighted by Crippen LogP contribution is -2.20. The number of aromatic nitrogens is 4. The number of urea groups is 1. The van der Waals surface area contributed by atoms with Crippen LogP contribution in [-0.4, -0.2) is 26.0 Å². The van der Waals surface area contributed by atoms with Crippen LogP contribution in [-0.2, 0) is 0 Å². The molecule has 0 unspecified atom stereocenters. The van der Waals surface area contributed by atoms with Crippen LogP contribution in [0.3, 0.4) is 0 Å². The van der Waals surface area contributed by atoms with Gasteiger partial charge in [-0.2, -0.15) is 0 Å². The van der Waals surface area contributed by atoms with Gasteiger partial charge in [-0.25, -0.2) is 19.7 Å². The third-order valence-electron chi connectivity index (χ3n) is 2.71. The number of fused-ring (bicyclic) bond motifs is 1. The van der Waals surface area contributed by atoms with Crippen LogP contribution >= 0.6 is 34.8 Å². The van der Waals surface area contributed by atoms with Crippen LogP contribution in [0.2, 0.25) is 15.1 Å². The van der Waals surface area contributed by atoms with E-state index >= 15 is 0 Å². The Kier molecular flexibility index (Phi) is 4.02. The Labute approximate surface area is 139 Å². The highest BCUT2D eigenvalue weighted by Crippen LogP contribution is 2.32. The van der Waals surface area contributed by atoms with Crippen molar-refractivity contribution in [3.8, 4) is 0 Å². The molecule has 0 aliphatic heterocycles. The van der Waals surface area contributed by atoms with Crippen LogP contribution in [0.25, 0.3) is 11.2 Å². The lowest BCUT2D eigenvalue weighted by atomic mass is 10.3. The van der Waals surface area contributed by atoms with Crippen molar-refractivity contribution in [2.45, 2.75) is 0 Å². The van der Waals surface area contributed by atoms with Crippen LogP contribution in [0.5, 0.6) is 0 Å². The van der Waals surface area contributed by atoms with Gasteiger partial charge in [0.05, 0.1) is 27.1 Å². The first-order chi connectivity index (χ1) is 10.5. The molecule has 112 valence electrons. The van der Waals surface area contributed by atoms with Crippen molar-refractivity contribution < 1.29 is 4.79 Å². The fraction of sp³-hybridized carbons (Fsp3) is 0.